The molecule has 7 heteroatoms. The van der Waals surface area contributed by atoms with Gasteiger partial charge in [-0.3, -0.25) is 9.36 Å². The minimum atomic E-state index is 0.0679. The lowest BCUT2D eigenvalue weighted by Crippen LogP contribution is -2.08. The molecule has 0 aliphatic carbocycles. The number of hydrogen-bond donors (Lipinski definition) is 0. The van der Waals surface area contributed by atoms with Gasteiger partial charge >= 0.3 is 0 Å². The Morgan fingerprint density at radius 1 is 1.07 bits per heavy atom. The molecule has 0 N–H and O–H groups in total. The van der Waals surface area contributed by atoms with Crippen molar-refractivity contribution in [3.63, 3.8) is 0 Å². The molecule has 28 heavy (non-hydrogen) atoms. The lowest BCUT2D eigenvalue weighted by molar-refractivity contribution is 0.102. The molecule has 1 aromatic carbocycles. The van der Waals surface area contributed by atoms with Crippen molar-refractivity contribution in [3.8, 4) is 11.6 Å². The number of thioether (sulfide) groups is 1. The average molecular weight is 393 g/mol. The van der Waals surface area contributed by atoms with Crippen LogP contribution >= 0.6 is 11.8 Å². The van der Waals surface area contributed by atoms with Gasteiger partial charge in [0.25, 0.3) is 0 Å². The minimum Gasteiger partial charge on any atom is -0.467 e. The highest BCUT2D eigenvalue weighted by Gasteiger charge is 2.19. The number of benzene rings is 1. The summed E-state index contributed by atoms with van der Waals surface area (Å²) in [5, 5.41) is 9.19. The quantitative estimate of drug-likeness (QED) is 0.333. The van der Waals surface area contributed by atoms with Crippen molar-refractivity contribution in [2.45, 2.75) is 25.5 Å². The van der Waals surface area contributed by atoms with Crippen LogP contribution in [0.2, 0.25) is 0 Å². The molecule has 3 heterocycles. The molecule has 3 aromatic heterocycles. The number of ketones is 1. The molecular weight excluding hydrogens is 374 g/mol. The monoisotopic (exact) mass is 393 g/mol. The number of furan rings is 2. The van der Waals surface area contributed by atoms with Crippen molar-refractivity contribution in [1.29, 1.82) is 0 Å². The van der Waals surface area contributed by atoms with Gasteiger partial charge in [0, 0.05) is 5.56 Å². The van der Waals surface area contributed by atoms with E-state index in [4.69, 9.17) is 8.83 Å². The zero-order chi connectivity index (χ0) is 19.5. The van der Waals surface area contributed by atoms with E-state index < -0.39 is 0 Å². The number of aryl methyl sites for hydroxylation is 2. The summed E-state index contributed by atoms with van der Waals surface area (Å²) in [7, 11) is 0. The van der Waals surface area contributed by atoms with Crippen molar-refractivity contribution >= 4 is 17.5 Å². The molecule has 0 saturated heterocycles. The molecule has 6 nitrogen and oxygen atoms in total. The van der Waals surface area contributed by atoms with Gasteiger partial charge in [-0.1, -0.05) is 29.5 Å². The SMILES string of the molecule is Cc1ccc(C)c(C(=O)CSc2nnc(-c3ccco3)n2Cc2ccco2)c1. The Balaban J connectivity index is 1.59. The molecular formula is C21H19N3O3S. The fourth-order valence-electron chi connectivity index (χ4n) is 2.93. The molecule has 0 fully saturated rings. The Labute approximate surface area is 166 Å². The first kappa shape index (κ1) is 18.3. The molecule has 0 radical (unpaired) electrons. The second-order valence-electron chi connectivity index (χ2n) is 6.48. The molecule has 0 saturated carbocycles. The lowest BCUT2D eigenvalue weighted by Gasteiger charge is -2.08. The molecule has 0 spiro atoms. The Morgan fingerprint density at radius 2 is 1.89 bits per heavy atom. The van der Waals surface area contributed by atoms with E-state index in [2.05, 4.69) is 10.2 Å². The van der Waals surface area contributed by atoms with Crippen LogP contribution in [0, 0.1) is 13.8 Å². The van der Waals surface area contributed by atoms with Crippen LogP contribution in [0.25, 0.3) is 11.6 Å². The molecule has 0 amide bonds. The van der Waals surface area contributed by atoms with Crippen LogP contribution in [-0.2, 0) is 6.54 Å². The zero-order valence-corrected chi connectivity index (χ0v) is 16.4. The van der Waals surface area contributed by atoms with E-state index in [1.165, 1.54) is 11.8 Å². The van der Waals surface area contributed by atoms with Crippen LogP contribution in [0.1, 0.15) is 27.2 Å². The normalized spacial score (nSPS) is 11.1. The highest BCUT2D eigenvalue weighted by Crippen LogP contribution is 2.26. The van der Waals surface area contributed by atoms with Crippen molar-refractivity contribution in [2.24, 2.45) is 0 Å². The summed E-state index contributed by atoms with van der Waals surface area (Å²) in [6.07, 6.45) is 3.22. The van der Waals surface area contributed by atoms with Gasteiger partial charge in [0.05, 0.1) is 24.8 Å². The highest BCUT2D eigenvalue weighted by molar-refractivity contribution is 7.99. The van der Waals surface area contributed by atoms with Gasteiger partial charge < -0.3 is 8.83 Å². The predicted molar refractivity (Wildman–Crippen MR) is 107 cm³/mol. The van der Waals surface area contributed by atoms with E-state index in [1.807, 2.05) is 54.8 Å². The number of carbonyl (C=O) groups excluding carboxylic acids is 1. The third-order valence-corrected chi connectivity index (χ3v) is 5.35. The van der Waals surface area contributed by atoms with E-state index in [9.17, 15) is 4.79 Å². The number of Topliss-reactive ketones (excluding diaryl/α,β-unsaturated/α-hetero) is 1. The number of carbonyl (C=O) groups is 1. The maximum Gasteiger partial charge on any atom is 0.200 e. The van der Waals surface area contributed by atoms with Gasteiger partial charge in [-0.05, 0) is 49.7 Å². The second-order valence-corrected chi connectivity index (χ2v) is 7.42. The van der Waals surface area contributed by atoms with Gasteiger partial charge in [-0.25, -0.2) is 0 Å². The standard InChI is InChI=1S/C21H19N3O3S/c1-14-7-8-15(2)17(11-14)18(25)13-28-21-23-22-20(19-6-4-10-27-19)24(21)12-16-5-3-9-26-16/h3-11H,12-13H2,1-2H3. The smallest absolute Gasteiger partial charge is 0.200 e. The van der Waals surface area contributed by atoms with Crippen LogP contribution in [0.5, 0.6) is 0 Å². The first-order valence-corrected chi connectivity index (χ1v) is 9.83. The minimum absolute atomic E-state index is 0.0679. The van der Waals surface area contributed by atoms with Crippen LogP contribution < -0.4 is 0 Å². The largest absolute Gasteiger partial charge is 0.467 e. The summed E-state index contributed by atoms with van der Waals surface area (Å²) in [6, 6.07) is 13.3. The average Bonchev–Trinajstić information content (AvgIpc) is 3.44. The van der Waals surface area contributed by atoms with Crippen LogP contribution in [0.3, 0.4) is 0 Å². The molecule has 0 bridgehead atoms. The first-order chi connectivity index (χ1) is 13.6. The van der Waals surface area contributed by atoms with Crippen LogP contribution in [0.4, 0.5) is 0 Å². The number of nitrogens with zero attached hydrogens (tertiary/aromatic N) is 3. The van der Waals surface area contributed by atoms with Crippen LogP contribution in [0.15, 0.2) is 69.0 Å². The third kappa shape index (κ3) is 3.80. The second kappa shape index (κ2) is 7.90. The van der Waals surface area contributed by atoms with Gasteiger partial charge in [-0.15, -0.1) is 10.2 Å². The third-order valence-electron chi connectivity index (χ3n) is 4.38. The van der Waals surface area contributed by atoms with Crippen molar-refractivity contribution in [2.75, 3.05) is 5.75 Å². The fourth-order valence-corrected chi connectivity index (χ4v) is 3.75. The van der Waals surface area contributed by atoms with E-state index >= 15 is 0 Å². The summed E-state index contributed by atoms with van der Waals surface area (Å²) < 4.78 is 12.9. The van der Waals surface area contributed by atoms with Gasteiger partial charge in [0.1, 0.15) is 5.76 Å². The molecule has 4 rings (SSSR count). The first-order valence-electron chi connectivity index (χ1n) is 8.84. The lowest BCUT2D eigenvalue weighted by atomic mass is 10.0. The van der Waals surface area contributed by atoms with E-state index in [0.717, 1.165) is 22.5 Å². The topological polar surface area (TPSA) is 74.1 Å². The molecule has 4 aromatic rings. The molecule has 0 aliphatic heterocycles. The Hall–Kier alpha value is -3.06. The maximum absolute atomic E-state index is 12.7. The van der Waals surface area contributed by atoms with Crippen molar-refractivity contribution in [3.05, 3.63) is 77.4 Å². The number of rotatable bonds is 7. The van der Waals surface area contributed by atoms with Crippen LogP contribution in [-0.4, -0.2) is 26.3 Å². The van der Waals surface area contributed by atoms with E-state index in [-0.39, 0.29) is 11.5 Å². The molecule has 0 aliphatic rings. The summed E-state index contributed by atoms with van der Waals surface area (Å²) >= 11 is 1.36. The number of aromatic nitrogens is 3. The van der Waals surface area contributed by atoms with Gasteiger partial charge in [0.15, 0.2) is 16.7 Å². The summed E-state index contributed by atoms with van der Waals surface area (Å²) in [6.45, 7) is 4.39. The fraction of sp³-hybridized carbons (Fsp3) is 0.190. The van der Waals surface area contributed by atoms with Gasteiger partial charge in [0.2, 0.25) is 5.82 Å². The Morgan fingerprint density at radius 3 is 2.64 bits per heavy atom. The summed E-state index contributed by atoms with van der Waals surface area (Å²) in [5.41, 5.74) is 2.79. The van der Waals surface area contributed by atoms with E-state index in [1.54, 1.807) is 18.6 Å². The summed E-state index contributed by atoms with van der Waals surface area (Å²) in [5.74, 6) is 2.34. The number of hydrogen-bond acceptors (Lipinski definition) is 6. The molecule has 0 unspecified atom stereocenters. The predicted octanol–water partition coefficient (Wildman–Crippen LogP) is 4.77. The maximum atomic E-state index is 12.7. The summed E-state index contributed by atoms with van der Waals surface area (Å²) in [4.78, 5) is 12.7. The highest BCUT2D eigenvalue weighted by atomic mass is 32.2. The molecule has 142 valence electrons. The molecule has 0 atom stereocenters. The van der Waals surface area contributed by atoms with Crippen molar-refractivity contribution in [1.82, 2.24) is 14.8 Å². The van der Waals surface area contributed by atoms with Crippen molar-refractivity contribution < 1.29 is 13.6 Å². The zero-order valence-electron chi connectivity index (χ0n) is 15.6. The Bertz CT molecular complexity index is 1080. The van der Waals surface area contributed by atoms with E-state index in [0.29, 0.717) is 23.3 Å². The van der Waals surface area contributed by atoms with Gasteiger partial charge in [-0.2, -0.15) is 0 Å². The Kier molecular flexibility index (Phi) is 5.16.